The summed E-state index contributed by atoms with van der Waals surface area (Å²) in [7, 11) is 0. The predicted octanol–water partition coefficient (Wildman–Crippen LogP) is 1.40. The Hall–Kier alpha value is -0.830. The summed E-state index contributed by atoms with van der Waals surface area (Å²) in [5.74, 6) is 1.41. The van der Waals surface area contributed by atoms with Gasteiger partial charge >= 0.3 is 0 Å². The highest BCUT2D eigenvalue weighted by Crippen LogP contribution is 2.35. The molecule has 0 radical (unpaired) electrons. The Labute approximate surface area is 84.7 Å². The highest BCUT2D eigenvalue weighted by molar-refractivity contribution is 5.36. The molecule has 1 saturated heterocycles. The third-order valence-electron chi connectivity index (χ3n) is 3.39. The van der Waals surface area contributed by atoms with E-state index in [4.69, 9.17) is 4.74 Å². The van der Waals surface area contributed by atoms with E-state index < -0.39 is 0 Å². The zero-order valence-electron chi connectivity index (χ0n) is 8.56. The average molecular weight is 195 g/mol. The van der Waals surface area contributed by atoms with Crippen LogP contribution < -0.4 is 0 Å². The lowest BCUT2D eigenvalue weighted by molar-refractivity contribution is -0.135. The summed E-state index contributed by atoms with van der Waals surface area (Å²) in [5, 5.41) is 0. The molecular weight excluding hydrogens is 178 g/mol. The molecule has 3 aliphatic rings. The lowest BCUT2D eigenvalue weighted by atomic mass is 9.77. The van der Waals surface area contributed by atoms with Crippen LogP contribution in [-0.4, -0.2) is 30.7 Å². The second kappa shape index (κ2) is 4.13. The molecule has 0 aromatic carbocycles. The van der Waals surface area contributed by atoms with Crippen LogP contribution in [0.1, 0.15) is 19.8 Å². The summed E-state index contributed by atoms with van der Waals surface area (Å²) in [6.45, 7) is 4.27. The number of ether oxygens (including phenoxy) is 1. The molecule has 3 heteroatoms. The minimum atomic E-state index is 0.450. The van der Waals surface area contributed by atoms with Crippen LogP contribution in [0.15, 0.2) is 12.2 Å². The molecule has 2 aliphatic heterocycles. The topological polar surface area (TPSA) is 29.5 Å². The molecule has 0 aromatic rings. The predicted molar refractivity (Wildman–Crippen MR) is 53.5 cm³/mol. The van der Waals surface area contributed by atoms with Gasteiger partial charge in [-0.25, -0.2) is 0 Å². The van der Waals surface area contributed by atoms with Crippen LogP contribution in [0.3, 0.4) is 0 Å². The monoisotopic (exact) mass is 195 g/mol. The van der Waals surface area contributed by atoms with Gasteiger partial charge in [0, 0.05) is 12.6 Å². The van der Waals surface area contributed by atoms with Crippen LogP contribution in [0.4, 0.5) is 0 Å². The Kier molecular flexibility index (Phi) is 2.87. The number of hydrogen-bond donors (Lipinski definition) is 0. The summed E-state index contributed by atoms with van der Waals surface area (Å²) in [4.78, 5) is 12.4. The number of carbonyl (C=O) groups is 1. The van der Waals surface area contributed by atoms with E-state index in [1.807, 2.05) is 0 Å². The van der Waals surface area contributed by atoms with Gasteiger partial charge in [0.2, 0.25) is 0 Å². The summed E-state index contributed by atoms with van der Waals surface area (Å²) in [6.07, 6.45) is 7.10. The minimum Gasteiger partial charge on any atom is -0.452 e. The molecule has 0 saturated carbocycles. The van der Waals surface area contributed by atoms with E-state index in [9.17, 15) is 4.79 Å². The first-order chi connectivity index (χ1) is 6.85. The van der Waals surface area contributed by atoms with Crippen LogP contribution in [0.5, 0.6) is 0 Å². The minimum absolute atomic E-state index is 0.450. The zero-order valence-corrected chi connectivity index (χ0v) is 8.56. The number of piperidine rings is 1. The van der Waals surface area contributed by atoms with Crippen molar-refractivity contribution in [3.63, 3.8) is 0 Å². The zero-order chi connectivity index (χ0) is 9.97. The molecular formula is C11H17NO2. The molecule has 3 rings (SSSR count). The van der Waals surface area contributed by atoms with Gasteiger partial charge in [0.15, 0.2) is 0 Å². The molecule has 14 heavy (non-hydrogen) atoms. The average Bonchev–Trinajstić information content (AvgIpc) is 2.26. The van der Waals surface area contributed by atoms with Crippen LogP contribution in [0.25, 0.3) is 0 Å². The van der Waals surface area contributed by atoms with Gasteiger partial charge in [0.05, 0.1) is 0 Å². The van der Waals surface area contributed by atoms with Gasteiger partial charge in [-0.05, 0) is 18.3 Å². The number of rotatable bonds is 4. The molecule has 1 aliphatic carbocycles. The number of nitrogens with zero attached hydrogens (tertiary/aromatic N) is 1. The first kappa shape index (κ1) is 9.71. The van der Waals surface area contributed by atoms with Crippen molar-refractivity contribution in [2.24, 2.45) is 11.8 Å². The van der Waals surface area contributed by atoms with Crippen molar-refractivity contribution in [1.82, 2.24) is 4.90 Å². The number of hydrogen-bond acceptors (Lipinski definition) is 3. The second-order valence-electron chi connectivity index (χ2n) is 4.20. The third-order valence-corrected chi connectivity index (χ3v) is 3.39. The molecule has 3 nitrogen and oxygen atoms in total. The second-order valence-corrected chi connectivity index (χ2v) is 4.20. The van der Waals surface area contributed by atoms with E-state index in [-0.39, 0.29) is 0 Å². The lowest BCUT2D eigenvalue weighted by Gasteiger charge is -2.45. The molecule has 3 atom stereocenters. The van der Waals surface area contributed by atoms with E-state index in [1.54, 1.807) is 0 Å². The van der Waals surface area contributed by atoms with Gasteiger partial charge in [0.25, 0.3) is 6.47 Å². The fourth-order valence-electron chi connectivity index (χ4n) is 2.69. The van der Waals surface area contributed by atoms with E-state index >= 15 is 0 Å². The maximum atomic E-state index is 10.1. The van der Waals surface area contributed by atoms with Crippen molar-refractivity contribution in [1.29, 1.82) is 0 Å². The molecule has 0 spiro atoms. The van der Waals surface area contributed by atoms with Crippen molar-refractivity contribution < 1.29 is 9.53 Å². The number of carbonyl (C=O) groups excluding carboxylic acids is 1. The van der Waals surface area contributed by atoms with E-state index in [0.717, 1.165) is 12.5 Å². The molecule has 3 unspecified atom stereocenters. The SMILES string of the molecule is CCC1CC2C=CC1N(COC=O)C2. The first-order valence-electron chi connectivity index (χ1n) is 5.32. The van der Waals surface area contributed by atoms with Crippen molar-refractivity contribution in [3.8, 4) is 0 Å². The van der Waals surface area contributed by atoms with Gasteiger partial charge in [-0.3, -0.25) is 9.69 Å². The highest BCUT2D eigenvalue weighted by atomic mass is 16.5. The first-order valence-corrected chi connectivity index (χ1v) is 5.32. The fraction of sp³-hybridized carbons (Fsp3) is 0.727. The van der Waals surface area contributed by atoms with Gasteiger partial charge in [-0.15, -0.1) is 0 Å². The Balaban J connectivity index is 2.00. The molecule has 2 heterocycles. The number of fused-ring (bicyclic) bond motifs is 2. The van der Waals surface area contributed by atoms with Gasteiger partial charge in [-0.2, -0.15) is 0 Å². The van der Waals surface area contributed by atoms with Gasteiger partial charge < -0.3 is 4.74 Å². The van der Waals surface area contributed by atoms with Crippen LogP contribution in [0, 0.1) is 11.8 Å². The van der Waals surface area contributed by atoms with Crippen molar-refractivity contribution in [3.05, 3.63) is 12.2 Å². The summed E-state index contributed by atoms with van der Waals surface area (Å²) in [6, 6.07) is 0.491. The quantitative estimate of drug-likeness (QED) is 0.501. The lowest BCUT2D eigenvalue weighted by Crippen LogP contribution is -2.50. The van der Waals surface area contributed by atoms with Gasteiger partial charge in [0.1, 0.15) is 6.73 Å². The van der Waals surface area contributed by atoms with E-state index in [2.05, 4.69) is 24.0 Å². The molecule has 0 N–H and O–H groups in total. The molecule has 1 fully saturated rings. The molecule has 0 amide bonds. The standard InChI is InChI=1S/C11H17NO2/c1-2-10-5-9-3-4-11(10)12(6-9)7-14-8-13/h3-4,8-11H,2,5-7H2,1H3. The van der Waals surface area contributed by atoms with Crippen LogP contribution in [0.2, 0.25) is 0 Å². The van der Waals surface area contributed by atoms with E-state index in [0.29, 0.717) is 25.2 Å². The maximum Gasteiger partial charge on any atom is 0.294 e. The normalized spacial score (nSPS) is 35.9. The van der Waals surface area contributed by atoms with Crippen molar-refractivity contribution in [2.45, 2.75) is 25.8 Å². The Morgan fingerprint density at radius 1 is 1.57 bits per heavy atom. The molecule has 0 aromatic heterocycles. The van der Waals surface area contributed by atoms with Crippen molar-refractivity contribution >= 4 is 6.47 Å². The fourth-order valence-corrected chi connectivity index (χ4v) is 2.69. The van der Waals surface area contributed by atoms with Crippen molar-refractivity contribution in [2.75, 3.05) is 13.3 Å². The summed E-state index contributed by atoms with van der Waals surface area (Å²) < 4.78 is 4.83. The highest BCUT2D eigenvalue weighted by Gasteiger charge is 2.36. The largest absolute Gasteiger partial charge is 0.452 e. The Morgan fingerprint density at radius 2 is 2.43 bits per heavy atom. The summed E-state index contributed by atoms with van der Waals surface area (Å²) >= 11 is 0. The van der Waals surface area contributed by atoms with Crippen LogP contribution in [-0.2, 0) is 9.53 Å². The third kappa shape index (κ3) is 1.69. The van der Waals surface area contributed by atoms with Crippen LogP contribution >= 0.6 is 0 Å². The Morgan fingerprint density at radius 3 is 3.07 bits per heavy atom. The smallest absolute Gasteiger partial charge is 0.294 e. The van der Waals surface area contributed by atoms with E-state index in [1.165, 1.54) is 12.8 Å². The summed E-state index contributed by atoms with van der Waals surface area (Å²) in [5.41, 5.74) is 0. The Bertz CT molecular complexity index is 239. The van der Waals surface area contributed by atoms with Gasteiger partial charge in [-0.1, -0.05) is 25.5 Å². The molecule has 2 bridgehead atoms. The molecule has 78 valence electrons. The maximum absolute atomic E-state index is 10.1.